The minimum absolute atomic E-state index is 0.0270. The minimum Gasteiger partial charge on any atom is -0.351 e. The van der Waals surface area contributed by atoms with Gasteiger partial charge in [0.2, 0.25) is 0 Å². The highest BCUT2D eigenvalue weighted by molar-refractivity contribution is 5.92. The molecule has 116 valence electrons. The lowest BCUT2D eigenvalue weighted by Gasteiger charge is -2.03. The highest BCUT2D eigenvalue weighted by Crippen LogP contribution is 2.16. The second-order valence-corrected chi connectivity index (χ2v) is 4.67. The number of hydrogen-bond donors (Lipinski definition) is 2. The number of nitrogens with zero attached hydrogens (tertiary/aromatic N) is 3. The maximum atomic E-state index is 11.9. The second kappa shape index (κ2) is 7.32. The molecule has 0 aliphatic rings. The maximum absolute atomic E-state index is 11.9. The third-order valence-corrected chi connectivity index (χ3v) is 3.04. The van der Waals surface area contributed by atoms with Gasteiger partial charge in [-0.25, -0.2) is 4.68 Å². The normalized spacial score (nSPS) is 10.4. The van der Waals surface area contributed by atoms with Crippen LogP contribution >= 0.6 is 0 Å². The van der Waals surface area contributed by atoms with Crippen molar-refractivity contribution in [1.82, 2.24) is 15.1 Å². The van der Waals surface area contributed by atoms with Gasteiger partial charge in [0, 0.05) is 24.9 Å². The van der Waals surface area contributed by atoms with Crippen molar-refractivity contribution in [3.63, 3.8) is 0 Å². The number of amides is 1. The first-order valence-corrected chi connectivity index (χ1v) is 6.90. The van der Waals surface area contributed by atoms with Crippen LogP contribution in [0.4, 0.5) is 5.69 Å². The Hall–Kier alpha value is -2.74. The molecule has 1 heterocycles. The molecular weight excluding hydrogens is 286 g/mol. The molecule has 22 heavy (non-hydrogen) atoms. The molecule has 0 unspecified atom stereocenters. The number of carbonyl (C=O) groups is 1. The number of rotatable bonds is 7. The summed E-state index contributed by atoms with van der Waals surface area (Å²) in [4.78, 5) is 22.2. The molecule has 0 spiro atoms. The molecule has 1 aromatic heterocycles. The van der Waals surface area contributed by atoms with Crippen molar-refractivity contribution in [3.8, 4) is 5.69 Å². The second-order valence-electron chi connectivity index (χ2n) is 4.67. The van der Waals surface area contributed by atoms with Gasteiger partial charge in [0.15, 0.2) is 5.69 Å². The number of nitro groups is 1. The van der Waals surface area contributed by atoms with Gasteiger partial charge in [-0.2, -0.15) is 5.10 Å². The van der Waals surface area contributed by atoms with Gasteiger partial charge in [-0.15, -0.1) is 0 Å². The van der Waals surface area contributed by atoms with Crippen LogP contribution in [0.1, 0.15) is 23.3 Å². The lowest BCUT2D eigenvalue weighted by atomic mass is 10.3. The Labute approximate surface area is 127 Å². The lowest BCUT2D eigenvalue weighted by Crippen LogP contribution is -2.25. The van der Waals surface area contributed by atoms with E-state index >= 15 is 0 Å². The van der Waals surface area contributed by atoms with Crippen LogP contribution in [0.15, 0.2) is 36.5 Å². The molecule has 0 aliphatic carbocycles. The van der Waals surface area contributed by atoms with Crippen LogP contribution < -0.4 is 11.1 Å². The Bertz CT molecular complexity index is 668. The summed E-state index contributed by atoms with van der Waals surface area (Å²) in [6.45, 7) is 1.14. The van der Waals surface area contributed by atoms with Crippen LogP contribution in [0.5, 0.6) is 0 Å². The summed E-state index contributed by atoms with van der Waals surface area (Å²) in [6, 6.07) is 7.62. The van der Waals surface area contributed by atoms with Gasteiger partial charge in [0.05, 0.1) is 10.6 Å². The van der Waals surface area contributed by atoms with Crippen molar-refractivity contribution < 1.29 is 9.72 Å². The zero-order chi connectivity index (χ0) is 15.9. The predicted octanol–water partition coefficient (Wildman–Crippen LogP) is 1.25. The van der Waals surface area contributed by atoms with E-state index in [4.69, 9.17) is 5.73 Å². The van der Waals surface area contributed by atoms with Gasteiger partial charge < -0.3 is 11.1 Å². The molecule has 2 aromatic rings. The average molecular weight is 303 g/mol. The summed E-state index contributed by atoms with van der Waals surface area (Å²) < 4.78 is 1.43. The fraction of sp³-hybridized carbons (Fsp3) is 0.286. The standard InChI is InChI=1S/C14H17N5O3/c15-7-1-2-8-16-14(20)13-6-9-18(17-13)11-4-3-5-12(10-11)19(21)22/h3-6,9-10H,1-2,7-8,15H2,(H,16,20). The van der Waals surface area contributed by atoms with E-state index in [1.54, 1.807) is 24.4 Å². The molecule has 0 atom stereocenters. The van der Waals surface area contributed by atoms with Gasteiger partial charge in [-0.1, -0.05) is 6.07 Å². The Morgan fingerprint density at radius 2 is 2.18 bits per heavy atom. The quantitative estimate of drug-likeness (QED) is 0.453. The molecule has 2 rings (SSSR count). The summed E-state index contributed by atoms with van der Waals surface area (Å²) in [5, 5.41) is 17.7. The number of nitrogens with two attached hydrogens (primary N) is 1. The van der Waals surface area contributed by atoms with E-state index in [0.29, 0.717) is 18.8 Å². The molecule has 1 amide bonds. The van der Waals surface area contributed by atoms with E-state index in [-0.39, 0.29) is 17.3 Å². The van der Waals surface area contributed by atoms with Crippen molar-refractivity contribution in [1.29, 1.82) is 0 Å². The number of benzene rings is 1. The smallest absolute Gasteiger partial charge is 0.271 e. The van der Waals surface area contributed by atoms with E-state index < -0.39 is 4.92 Å². The van der Waals surface area contributed by atoms with E-state index in [9.17, 15) is 14.9 Å². The van der Waals surface area contributed by atoms with Gasteiger partial charge in [-0.3, -0.25) is 14.9 Å². The number of hydrogen-bond acceptors (Lipinski definition) is 5. The van der Waals surface area contributed by atoms with Crippen LogP contribution in [-0.2, 0) is 0 Å². The molecule has 0 aliphatic heterocycles. The molecule has 0 saturated heterocycles. The number of unbranched alkanes of at least 4 members (excludes halogenated alkanes) is 1. The van der Waals surface area contributed by atoms with E-state index in [0.717, 1.165) is 12.8 Å². The fourth-order valence-corrected chi connectivity index (χ4v) is 1.90. The highest BCUT2D eigenvalue weighted by atomic mass is 16.6. The van der Waals surface area contributed by atoms with Gasteiger partial charge in [-0.05, 0) is 31.5 Å². The Kier molecular flexibility index (Phi) is 5.21. The number of nitro benzene ring substituents is 1. The van der Waals surface area contributed by atoms with Gasteiger partial charge in [0.1, 0.15) is 0 Å². The molecule has 8 nitrogen and oxygen atoms in total. The summed E-state index contributed by atoms with van der Waals surface area (Å²) in [6.07, 6.45) is 3.25. The van der Waals surface area contributed by atoms with Crippen LogP contribution in [0.25, 0.3) is 5.69 Å². The van der Waals surface area contributed by atoms with Crippen molar-refractivity contribution in [2.24, 2.45) is 5.73 Å². The number of nitrogens with one attached hydrogen (secondary N) is 1. The Morgan fingerprint density at radius 1 is 1.36 bits per heavy atom. The van der Waals surface area contributed by atoms with Crippen LogP contribution in [0.2, 0.25) is 0 Å². The van der Waals surface area contributed by atoms with Crippen molar-refractivity contribution in [2.75, 3.05) is 13.1 Å². The van der Waals surface area contributed by atoms with Gasteiger partial charge >= 0.3 is 0 Å². The monoisotopic (exact) mass is 303 g/mol. The summed E-state index contributed by atoms with van der Waals surface area (Å²) in [5.74, 6) is -0.277. The van der Waals surface area contributed by atoms with Crippen molar-refractivity contribution in [3.05, 3.63) is 52.3 Å². The van der Waals surface area contributed by atoms with E-state index in [1.165, 1.54) is 16.8 Å². The summed E-state index contributed by atoms with van der Waals surface area (Å²) in [7, 11) is 0. The first-order valence-electron chi connectivity index (χ1n) is 6.90. The largest absolute Gasteiger partial charge is 0.351 e. The van der Waals surface area contributed by atoms with Crippen LogP contribution in [0, 0.1) is 10.1 Å². The Balaban J connectivity index is 2.06. The summed E-state index contributed by atoms with van der Waals surface area (Å²) >= 11 is 0. The maximum Gasteiger partial charge on any atom is 0.271 e. The fourth-order valence-electron chi connectivity index (χ4n) is 1.90. The molecule has 0 radical (unpaired) electrons. The van der Waals surface area contributed by atoms with Crippen molar-refractivity contribution >= 4 is 11.6 Å². The first-order chi connectivity index (χ1) is 10.6. The van der Waals surface area contributed by atoms with Crippen LogP contribution in [0.3, 0.4) is 0 Å². The van der Waals surface area contributed by atoms with Gasteiger partial charge in [0.25, 0.3) is 11.6 Å². The molecule has 0 fully saturated rings. The SMILES string of the molecule is NCCCCNC(=O)c1ccn(-c2cccc([N+](=O)[O-])c2)n1. The predicted molar refractivity (Wildman–Crippen MR) is 80.8 cm³/mol. The molecule has 8 heteroatoms. The zero-order valence-electron chi connectivity index (χ0n) is 11.9. The Morgan fingerprint density at radius 3 is 2.91 bits per heavy atom. The summed E-state index contributed by atoms with van der Waals surface area (Å²) in [5.41, 5.74) is 6.14. The minimum atomic E-state index is -0.474. The zero-order valence-corrected chi connectivity index (χ0v) is 11.9. The highest BCUT2D eigenvalue weighted by Gasteiger charge is 2.11. The average Bonchev–Trinajstić information content (AvgIpc) is 3.01. The number of aromatic nitrogens is 2. The molecule has 1 aromatic carbocycles. The third kappa shape index (κ3) is 3.89. The van der Waals surface area contributed by atoms with E-state index in [1.807, 2.05) is 0 Å². The molecular formula is C14H17N5O3. The first kappa shape index (κ1) is 15.6. The van der Waals surface area contributed by atoms with E-state index in [2.05, 4.69) is 10.4 Å². The van der Waals surface area contributed by atoms with Crippen LogP contribution in [-0.4, -0.2) is 33.7 Å². The molecule has 0 bridgehead atoms. The number of non-ortho nitro benzene ring substituents is 1. The number of carbonyl (C=O) groups excluding carboxylic acids is 1. The third-order valence-electron chi connectivity index (χ3n) is 3.04. The topological polar surface area (TPSA) is 116 Å². The molecule has 0 saturated carbocycles. The van der Waals surface area contributed by atoms with Crippen molar-refractivity contribution in [2.45, 2.75) is 12.8 Å². The lowest BCUT2D eigenvalue weighted by molar-refractivity contribution is -0.384. The molecule has 3 N–H and O–H groups in total.